The first-order chi connectivity index (χ1) is 8.38. The molecule has 102 valence electrons. The van der Waals surface area contributed by atoms with Crippen LogP contribution in [0.3, 0.4) is 0 Å². The Morgan fingerprint density at radius 1 is 1.28 bits per heavy atom. The molecule has 0 aliphatic heterocycles. The lowest BCUT2D eigenvalue weighted by Gasteiger charge is -2.26. The van der Waals surface area contributed by atoms with Crippen molar-refractivity contribution in [2.75, 3.05) is 20.3 Å². The zero-order valence-electron chi connectivity index (χ0n) is 10.3. The van der Waals surface area contributed by atoms with Gasteiger partial charge >= 0.3 is 0 Å². The number of ether oxygens (including phenoxy) is 1. The second-order valence-corrected chi connectivity index (χ2v) is 5.78. The minimum atomic E-state index is -3.88. The summed E-state index contributed by atoms with van der Waals surface area (Å²) in [7, 11) is -2.51. The van der Waals surface area contributed by atoms with Gasteiger partial charge in [0, 0.05) is 0 Å². The van der Waals surface area contributed by atoms with E-state index in [0.29, 0.717) is 0 Å². The van der Waals surface area contributed by atoms with Crippen molar-refractivity contribution in [3.63, 3.8) is 0 Å². The number of rotatable bonds is 6. The molecule has 0 aliphatic rings. The maximum atomic E-state index is 12.1. The van der Waals surface area contributed by atoms with E-state index in [1.165, 1.54) is 26.2 Å². The largest absolute Gasteiger partial charge is 0.495 e. The van der Waals surface area contributed by atoms with Gasteiger partial charge in [-0.25, -0.2) is 13.1 Å². The van der Waals surface area contributed by atoms with Gasteiger partial charge in [0.25, 0.3) is 0 Å². The number of sulfonamides is 1. The van der Waals surface area contributed by atoms with Crippen molar-refractivity contribution in [1.29, 1.82) is 0 Å². The molecular weight excluding hydrogens is 258 g/mol. The first-order valence-corrected chi connectivity index (χ1v) is 6.75. The first kappa shape index (κ1) is 14.9. The molecule has 0 saturated carbocycles. The zero-order chi connectivity index (χ0) is 13.8. The van der Waals surface area contributed by atoms with E-state index in [2.05, 4.69) is 4.72 Å². The third-order valence-corrected chi connectivity index (χ3v) is 4.12. The lowest BCUT2D eigenvalue weighted by molar-refractivity contribution is 0.121. The molecule has 1 rings (SSSR count). The molecule has 0 atom stereocenters. The van der Waals surface area contributed by atoms with E-state index in [4.69, 9.17) is 14.9 Å². The normalized spacial score (nSPS) is 12.4. The second-order valence-electron chi connectivity index (χ2n) is 4.13. The lowest BCUT2D eigenvalue weighted by Crippen LogP contribution is -2.51. The highest BCUT2D eigenvalue weighted by molar-refractivity contribution is 7.89. The number of nitrogens with one attached hydrogen (secondary N) is 1. The molecule has 0 aromatic heterocycles. The first-order valence-electron chi connectivity index (χ1n) is 5.27. The van der Waals surface area contributed by atoms with Crippen LogP contribution in [0.2, 0.25) is 0 Å². The Kier molecular flexibility index (Phi) is 4.69. The van der Waals surface area contributed by atoms with Gasteiger partial charge in [-0.05, 0) is 19.1 Å². The Balaban J connectivity index is 3.14. The maximum absolute atomic E-state index is 12.1. The van der Waals surface area contributed by atoms with Crippen LogP contribution in [-0.2, 0) is 10.0 Å². The molecular formula is C11H17NO5S. The predicted molar refractivity (Wildman–Crippen MR) is 65.9 cm³/mol. The molecule has 0 spiro atoms. The summed E-state index contributed by atoms with van der Waals surface area (Å²) in [5.41, 5.74) is -1.32. The quantitative estimate of drug-likeness (QED) is 0.663. The fourth-order valence-electron chi connectivity index (χ4n) is 1.33. The van der Waals surface area contributed by atoms with Gasteiger partial charge in [-0.1, -0.05) is 12.1 Å². The van der Waals surface area contributed by atoms with E-state index in [-0.39, 0.29) is 10.6 Å². The Morgan fingerprint density at radius 2 is 1.83 bits per heavy atom. The van der Waals surface area contributed by atoms with Crippen molar-refractivity contribution in [3.8, 4) is 5.75 Å². The van der Waals surface area contributed by atoms with Crippen LogP contribution >= 0.6 is 0 Å². The number of aliphatic hydroxyl groups excluding tert-OH is 2. The number of hydrogen-bond donors (Lipinski definition) is 3. The molecule has 0 heterocycles. The Bertz CT molecular complexity index is 496. The van der Waals surface area contributed by atoms with Crippen molar-refractivity contribution < 1.29 is 23.4 Å². The Hall–Kier alpha value is -1.15. The Morgan fingerprint density at radius 3 is 2.33 bits per heavy atom. The number of hydrogen-bond acceptors (Lipinski definition) is 5. The van der Waals surface area contributed by atoms with Crippen molar-refractivity contribution in [3.05, 3.63) is 24.3 Å². The average molecular weight is 275 g/mol. The Labute approximate surface area is 106 Å². The number of para-hydroxylation sites is 1. The second kappa shape index (κ2) is 5.66. The van der Waals surface area contributed by atoms with E-state index >= 15 is 0 Å². The van der Waals surface area contributed by atoms with Gasteiger partial charge in [0.2, 0.25) is 10.0 Å². The summed E-state index contributed by atoms with van der Waals surface area (Å²) in [5, 5.41) is 18.2. The van der Waals surface area contributed by atoms with Crippen molar-refractivity contribution in [2.24, 2.45) is 0 Å². The smallest absolute Gasteiger partial charge is 0.244 e. The molecule has 3 N–H and O–H groups in total. The summed E-state index contributed by atoms with van der Waals surface area (Å²) >= 11 is 0. The summed E-state index contributed by atoms with van der Waals surface area (Å²) < 4.78 is 31.5. The van der Waals surface area contributed by atoms with Crippen LogP contribution in [0, 0.1) is 0 Å². The van der Waals surface area contributed by atoms with Crippen LogP contribution < -0.4 is 9.46 Å². The molecule has 6 nitrogen and oxygen atoms in total. The molecule has 18 heavy (non-hydrogen) atoms. The summed E-state index contributed by atoms with van der Waals surface area (Å²) in [6.45, 7) is 0.371. The summed E-state index contributed by atoms with van der Waals surface area (Å²) in [6, 6.07) is 6.11. The molecule has 1 aromatic rings. The van der Waals surface area contributed by atoms with Gasteiger partial charge in [-0.15, -0.1) is 0 Å². The van der Waals surface area contributed by atoms with Crippen molar-refractivity contribution in [2.45, 2.75) is 17.4 Å². The van der Waals surface area contributed by atoms with Crippen LogP contribution in [0.4, 0.5) is 0 Å². The van der Waals surface area contributed by atoms with Gasteiger partial charge in [-0.2, -0.15) is 0 Å². The molecule has 0 aliphatic carbocycles. The molecule has 0 radical (unpaired) electrons. The van der Waals surface area contributed by atoms with Gasteiger partial charge in [0.05, 0.1) is 25.9 Å². The van der Waals surface area contributed by atoms with Gasteiger partial charge in [0.15, 0.2) is 0 Å². The minimum Gasteiger partial charge on any atom is -0.495 e. The van der Waals surface area contributed by atoms with Crippen LogP contribution in [0.15, 0.2) is 29.2 Å². The fourth-order valence-corrected chi connectivity index (χ4v) is 2.90. The highest BCUT2D eigenvalue weighted by Crippen LogP contribution is 2.23. The van der Waals surface area contributed by atoms with Crippen LogP contribution in [0.5, 0.6) is 5.75 Å². The molecule has 0 bridgehead atoms. The zero-order valence-corrected chi connectivity index (χ0v) is 11.1. The molecule has 0 saturated heterocycles. The fraction of sp³-hybridized carbons (Fsp3) is 0.455. The van der Waals surface area contributed by atoms with E-state index in [1.807, 2.05) is 0 Å². The van der Waals surface area contributed by atoms with E-state index < -0.39 is 28.8 Å². The third kappa shape index (κ3) is 3.20. The summed E-state index contributed by atoms with van der Waals surface area (Å²) in [6.07, 6.45) is 0. The van der Waals surface area contributed by atoms with Gasteiger partial charge in [-0.3, -0.25) is 0 Å². The van der Waals surface area contributed by atoms with E-state index in [9.17, 15) is 8.42 Å². The molecule has 0 fully saturated rings. The summed E-state index contributed by atoms with van der Waals surface area (Å²) in [5.74, 6) is 0.197. The van der Waals surface area contributed by atoms with Crippen LogP contribution in [-0.4, -0.2) is 44.5 Å². The predicted octanol–water partition coefficient (Wildman–Crippen LogP) is -0.283. The third-order valence-electron chi connectivity index (χ3n) is 2.44. The highest BCUT2D eigenvalue weighted by atomic mass is 32.2. The van der Waals surface area contributed by atoms with Crippen LogP contribution in [0.1, 0.15) is 6.92 Å². The van der Waals surface area contributed by atoms with E-state index in [0.717, 1.165) is 0 Å². The SMILES string of the molecule is COc1ccccc1S(=O)(=O)NC(C)(CO)CO. The lowest BCUT2D eigenvalue weighted by atomic mass is 10.1. The molecule has 1 aromatic carbocycles. The molecule has 0 unspecified atom stereocenters. The van der Waals surface area contributed by atoms with Gasteiger partial charge in [0.1, 0.15) is 10.6 Å². The topological polar surface area (TPSA) is 95.9 Å². The van der Waals surface area contributed by atoms with E-state index in [1.54, 1.807) is 12.1 Å². The number of benzene rings is 1. The van der Waals surface area contributed by atoms with Gasteiger partial charge < -0.3 is 14.9 Å². The number of methoxy groups -OCH3 is 1. The maximum Gasteiger partial charge on any atom is 0.244 e. The molecule has 0 amide bonds. The summed E-state index contributed by atoms with van der Waals surface area (Å²) in [4.78, 5) is -0.0411. The highest BCUT2D eigenvalue weighted by Gasteiger charge is 2.31. The molecule has 7 heteroatoms. The monoisotopic (exact) mass is 275 g/mol. The number of aliphatic hydroxyl groups is 2. The minimum absolute atomic E-state index is 0.0411. The average Bonchev–Trinajstić information content (AvgIpc) is 2.38. The van der Waals surface area contributed by atoms with Crippen molar-refractivity contribution in [1.82, 2.24) is 4.72 Å². The standard InChI is InChI=1S/C11H17NO5S/c1-11(7-13,8-14)12-18(15,16)10-6-4-3-5-9(10)17-2/h3-6,12-14H,7-8H2,1-2H3. The van der Waals surface area contributed by atoms with Crippen molar-refractivity contribution >= 4 is 10.0 Å². The van der Waals surface area contributed by atoms with Crippen LogP contribution in [0.25, 0.3) is 0 Å².